The lowest BCUT2D eigenvalue weighted by atomic mass is 9.88. The second-order valence-electron chi connectivity index (χ2n) is 5.27. The van der Waals surface area contributed by atoms with Crippen molar-refractivity contribution in [3.05, 3.63) is 39.4 Å². The van der Waals surface area contributed by atoms with Gasteiger partial charge in [-0.3, -0.25) is 14.9 Å². The minimum atomic E-state index is -1.39. The van der Waals surface area contributed by atoms with Gasteiger partial charge in [0, 0.05) is 6.54 Å². The first-order valence-electron chi connectivity index (χ1n) is 6.28. The quantitative estimate of drug-likeness (QED) is 0.641. The van der Waals surface area contributed by atoms with Crippen molar-refractivity contribution in [1.82, 2.24) is 5.32 Å². The van der Waals surface area contributed by atoms with Crippen LogP contribution in [-0.4, -0.2) is 22.9 Å². The van der Waals surface area contributed by atoms with E-state index in [1.165, 1.54) is 0 Å². The summed E-state index contributed by atoms with van der Waals surface area (Å²) in [7, 11) is 0. The molecular weight excluding hydrogens is 284 g/mol. The molecule has 1 rings (SSSR count). The number of nitrogens with one attached hydrogen (secondary N) is 1. The van der Waals surface area contributed by atoms with Crippen LogP contribution < -0.4 is 11.1 Å². The zero-order chi connectivity index (χ0) is 16.4. The average molecular weight is 301 g/mol. The van der Waals surface area contributed by atoms with Crippen molar-refractivity contribution >= 4 is 11.6 Å². The number of nitrogens with two attached hydrogens (primary N) is 1. The van der Waals surface area contributed by atoms with Crippen LogP contribution >= 0.6 is 0 Å². The normalized spacial score (nSPS) is 13.9. The molecule has 116 valence electrons. The molecule has 1 aromatic rings. The molecule has 6 nitrogen and oxygen atoms in total. The van der Waals surface area contributed by atoms with Crippen LogP contribution in [-0.2, 0) is 0 Å². The number of nitrogens with zero attached hydrogens (tertiary/aromatic N) is 1. The fraction of sp³-hybridized carbons (Fsp3) is 0.462. The summed E-state index contributed by atoms with van der Waals surface area (Å²) in [6.07, 6.45) is 0. The Morgan fingerprint density at radius 3 is 2.38 bits per heavy atom. The summed E-state index contributed by atoms with van der Waals surface area (Å²) >= 11 is 0. The molecule has 0 saturated heterocycles. The van der Waals surface area contributed by atoms with Crippen molar-refractivity contribution in [2.24, 2.45) is 11.7 Å². The van der Waals surface area contributed by atoms with Crippen LogP contribution in [0.5, 0.6) is 0 Å². The highest BCUT2D eigenvalue weighted by Crippen LogP contribution is 2.24. The highest BCUT2D eigenvalue weighted by Gasteiger charge is 2.32. The third-order valence-corrected chi connectivity index (χ3v) is 3.58. The molecule has 0 fully saturated rings. The number of rotatable bonds is 5. The summed E-state index contributed by atoms with van der Waals surface area (Å²) in [4.78, 5) is 22.1. The molecule has 0 spiro atoms. The van der Waals surface area contributed by atoms with Gasteiger partial charge in [-0.05, 0) is 18.9 Å². The van der Waals surface area contributed by atoms with Gasteiger partial charge in [-0.25, -0.2) is 8.78 Å². The minimum Gasteiger partial charge on any atom is -0.345 e. The van der Waals surface area contributed by atoms with Crippen LogP contribution in [0.2, 0.25) is 0 Å². The Hall–Kier alpha value is -2.09. The topological polar surface area (TPSA) is 98.3 Å². The minimum absolute atomic E-state index is 0.0594. The lowest BCUT2D eigenvalue weighted by molar-refractivity contribution is -0.385. The Kier molecular flexibility index (Phi) is 4.95. The first-order valence-corrected chi connectivity index (χ1v) is 6.28. The fourth-order valence-electron chi connectivity index (χ4n) is 1.63. The van der Waals surface area contributed by atoms with E-state index in [1.807, 2.05) is 13.8 Å². The van der Waals surface area contributed by atoms with Gasteiger partial charge in [-0.1, -0.05) is 13.8 Å². The van der Waals surface area contributed by atoms with Crippen LogP contribution in [0.1, 0.15) is 31.1 Å². The number of hydrogen-bond acceptors (Lipinski definition) is 4. The molecule has 0 aromatic heterocycles. The molecule has 0 aliphatic heterocycles. The number of carbonyl (C=O) groups is 1. The Balaban J connectivity index is 3.24. The maximum Gasteiger partial charge on any atom is 0.285 e. The zero-order valence-electron chi connectivity index (χ0n) is 11.9. The number of carbonyl (C=O) groups excluding carboxylic acids is 1. The molecule has 1 aromatic carbocycles. The van der Waals surface area contributed by atoms with Crippen LogP contribution in [0.25, 0.3) is 0 Å². The number of halogens is 2. The average Bonchev–Trinajstić information content (AvgIpc) is 2.40. The monoisotopic (exact) mass is 301 g/mol. The van der Waals surface area contributed by atoms with E-state index in [1.54, 1.807) is 6.92 Å². The van der Waals surface area contributed by atoms with E-state index < -0.39 is 39.3 Å². The van der Waals surface area contributed by atoms with Crippen LogP contribution in [0.4, 0.5) is 14.5 Å². The number of nitro groups is 1. The second-order valence-corrected chi connectivity index (χ2v) is 5.27. The smallest absolute Gasteiger partial charge is 0.285 e. The third kappa shape index (κ3) is 3.52. The summed E-state index contributed by atoms with van der Waals surface area (Å²) in [6.45, 7) is 5.38. The van der Waals surface area contributed by atoms with Crippen molar-refractivity contribution in [1.29, 1.82) is 0 Å². The van der Waals surface area contributed by atoms with E-state index in [2.05, 4.69) is 5.32 Å². The van der Waals surface area contributed by atoms with Crippen LogP contribution in [0, 0.1) is 27.7 Å². The van der Waals surface area contributed by atoms with E-state index >= 15 is 0 Å². The maximum absolute atomic E-state index is 13.3. The van der Waals surface area contributed by atoms with Gasteiger partial charge in [0.2, 0.25) is 0 Å². The van der Waals surface area contributed by atoms with Crippen molar-refractivity contribution in [3.8, 4) is 0 Å². The van der Waals surface area contributed by atoms with Gasteiger partial charge in [0.15, 0.2) is 11.6 Å². The highest BCUT2D eigenvalue weighted by molar-refractivity contribution is 5.98. The van der Waals surface area contributed by atoms with Crippen molar-refractivity contribution < 1.29 is 18.5 Å². The number of benzene rings is 1. The van der Waals surface area contributed by atoms with Crippen molar-refractivity contribution in [2.45, 2.75) is 26.3 Å². The molecule has 0 aliphatic carbocycles. The van der Waals surface area contributed by atoms with Gasteiger partial charge in [-0.15, -0.1) is 0 Å². The predicted octanol–water partition coefficient (Wildman–Crippen LogP) is 1.98. The van der Waals surface area contributed by atoms with Gasteiger partial charge in [0.1, 0.15) is 5.56 Å². The SMILES string of the molecule is CC(C)C(C)(CN)NC(=O)c1cc(F)c(F)cc1[N+](=O)[O-]. The van der Waals surface area contributed by atoms with Crippen molar-refractivity contribution in [2.75, 3.05) is 6.54 Å². The Morgan fingerprint density at radius 2 is 1.95 bits per heavy atom. The molecule has 21 heavy (non-hydrogen) atoms. The highest BCUT2D eigenvalue weighted by atomic mass is 19.2. The van der Waals surface area contributed by atoms with E-state index in [-0.39, 0.29) is 12.5 Å². The number of amides is 1. The Morgan fingerprint density at radius 1 is 1.43 bits per heavy atom. The van der Waals surface area contributed by atoms with E-state index in [4.69, 9.17) is 5.73 Å². The van der Waals surface area contributed by atoms with E-state index in [9.17, 15) is 23.7 Å². The maximum atomic E-state index is 13.3. The second kappa shape index (κ2) is 6.13. The first kappa shape index (κ1) is 17.0. The molecule has 0 aliphatic rings. The lowest BCUT2D eigenvalue weighted by Crippen LogP contribution is -2.55. The standard InChI is InChI=1S/C13H17F2N3O3/c1-7(2)13(3,6-16)17-12(19)8-4-9(14)10(15)5-11(8)18(20)21/h4-5,7H,6,16H2,1-3H3,(H,17,19). The molecule has 0 saturated carbocycles. The van der Waals surface area contributed by atoms with Gasteiger partial charge in [0.05, 0.1) is 16.5 Å². The Bertz CT molecular complexity index is 578. The van der Waals surface area contributed by atoms with Crippen LogP contribution in [0.3, 0.4) is 0 Å². The molecule has 0 heterocycles. The third-order valence-electron chi connectivity index (χ3n) is 3.58. The van der Waals surface area contributed by atoms with E-state index in [0.29, 0.717) is 12.1 Å². The number of nitro benzene ring substituents is 1. The molecule has 0 radical (unpaired) electrons. The molecule has 3 N–H and O–H groups in total. The summed E-state index contributed by atoms with van der Waals surface area (Å²) in [6, 6.07) is 0.902. The molecule has 1 unspecified atom stereocenters. The van der Waals surface area contributed by atoms with Crippen molar-refractivity contribution in [3.63, 3.8) is 0 Å². The molecular formula is C13H17F2N3O3. The largest absolute Gasteiger partial charge is 0.345 e. The zero-order valence-corrected chi connectivity index (χ0v) is 11.9. The van der Waals surface area contributed by atoms with Gasteiger partial charge in [-0.2, -0.15) is 0 Å². The summed E-state index contributed by atoms with van der Waals surface area (Å²) in [5.74, 6) is -3.65. The Labute approximate surface area is 120 Å². The summed E-state index contributed by atoms with van der Waals surface area (Å²) in [5, 5.41) is 13.4. The molecule has 1 atom stereocenters. The molecule has 8 heteroatoms. The van der Waals surface area contributed by atoms with Gasteiger partial charge in [0.25, 0.3) is 11.6 Å². The fourth-order valence-corrected chi connectivity index (χ4v) is 1.63. The van der Waals surface area contributed by atoms with Gasteiger partial charge >= 0.3 is 0 Å². The van der Waals surface area contributed by atoms with E-state index in [0.717, 1.165) is 0 Å². The first-order chi connectivity index (χ1) is 9.62. The number of hydrogen-bond donors (Lipinski definition) is 2. The predicted molar refractivity (Wildman–Crippen MR) is 72.8 cm³/mol. The van der Waals surface area contributed by atoms with Gasteiger partial charge < -0.3 is 11.1 Å². The van der Waals surface area contributed by atoms with Crippen LogP contribution in [0.15, 0.2) is 12.1 Å². The lowest BCUT2D eigenvalue weighted by Gasteiger charge is -2.33. The summed E-state index contributed by atoms with van der Waals surface area (Å²) < 4.78 is 26.3. The molecule has 0 bridgehead atoms. The summed E-state index contributed by atoms with van der Waals surface area (Å²) in [5.41, 5.74) is 3.44. The molecule has 1 amide bonds.